The number of ketones is 3. The van der Waals surface area contributed by atoms with Crippen molar-refractivity contribution in [2.75, 3.05) is 0 Å². The van der Waals surface area contributed by atoms with E-state index >= 15 is 0 Å². The second-order valence-electron chi connectivity index (χ2n) is 13.9. The van der Waals surface area contributed by atoms with Crippen LogP contribution in [0.5, 0.6) is 0 Å². The maximum Gasteiger partial charge on any atom is 0.244 e. The number of aliphatic hydroxyl groups excluding tert-OH is 2. The largest absolute Gasteiger partial charge is 0.392 e. The van der Waals surface area contributed by atoms with Crippen LogP contribution >= 0.6 is 0 Å². The van der Waals surface area contributed by atoms with Crippen molar-refractivity contribution in [3.05, 3.63) is 70.9 Å². The lowest BCUT2D eigenvalue weighted by atomic mass is 9.73. The summed E-state index contributed by atoms with van der Waals surface area (Å²) in [5.41, 5.74) is 8.37. The van der Waals surface area contributed by atoms with E-state index in [9.17, 15) is 29.4 Å². The predicted molar refractivity (Wildman–Crippen MR) is 203 cm³/mol. The van der Waals surface area contributed by atoms with Gasteiger partial charge in [0.2, 0.25) is 17.5 Å². The minimum absolute atomic E-state index is 0.197. The van der Waals surface area contributed by atoms with Crippen LogP contribution < -0.4 is 5.73 Å². The fourth-order valence-electron chi connectivity index (χ4n) is 5.99. The average Bonchev–Trinajstić information content (AvgIpc) is 3.05. The Bertz CT molecular complexity index is 1230. The predicted octanol–water partition coefficient (Wildman–Crippen LogP) is 8.65. The molecule has 1 amide bonds. The van der Waals surface area contributed by atoms with E-state index in [2.05, 4.69) is 6.92 Å². The van der Waals surface area contributed by atoms with Gasteiger partial charge < -0.3 is 15.9 Å². The molecule has 0 heterocycles. The van der Waals surface area contributed by atoms with Gasteiger partial charge >= 0.3 is 0 Å². The lowest BCUT2D eigenvalue weighted by molar-refractivity contribution is -0.133. The van der Waals surface area contributed by atoms with Crippen molar-refractivity contribution in [1.29, 1.82) is 0 Å². The van der Waals surface area contributed by atoms with Crippen LogP contribution in [0, 0.1) is 23.7 Å². The Labute approximate surface area is 297 Å². The Hall–Kier alpha value is -3.16. The second kappa shape index (κ2) is 25.8. The molecular weight excluding hydrogens is 614 g/mol. The maximum atomic E-state index is 13.0. The first kappa shape index (κ1) is 45.8. The normalized spacial score (nSPS) is 17.2. The van der Waals surface area contributed by atoms with Crippen LogP contribution in [-0.2, 0) is 19.2 Å². The molecule has 0 bridgehead atoms. The third-order valence-corrected chi connectivity index (χ3v) is 9.27. The molecule has 0 rings (SSSR count). The summed E-state index contributed by atoms with van der Waals surface area (Å²) in [6.07, 6.45) is 21.9. The number of unbranched alkanes of at least 4 members (excludes halogenated alkanes) is 7. The summed E-state index contributed by atoms with van der Waals surface area (Å²) in [4.78, 5) is 49.3. The third-order valence-electron chi connectivity index (χ3n) is 9.27. The summed E-state index contributed by atoms with van der Waals surface area (Å²) in [5.74, 6) is -3.62. The number of carbonyl (C=O) groups is 4. The van der Waals surface area contributed by atoms with Gasteiger partial charge in [-0.25, -0.2) is 0 Å². The first-order valence-corrected chi connectivity index (χ1v) is 18.4. The molecule has 0 radical (unpaired) electrons. The second-order valence-corrected chi connectivity index (χ2v) is 13.9. The van der Waals surface area contributed by atoms with Gasteiger partial charge in [0.15, 0.2) is 5.78 Å². The number of nitrogens with two attached hydrogens (primary N) is 1. The highest BCUT2D eigenvalue weighted by Gasteiger charge is 2.36. The third kappa shape index (κ3) is 19.6. The van der Waals surface area contributed by atoms with Crippen LogP contribution in [-0.4, -0.2) is 45.7 Å². The lowest BCUT2D eigenvalue weighted by Crippen LogP contribution is -2.41. The molecule has 0 aliphatic carbocycles. The Morgan fingerprint density at radius 1 is 0.755 bits per heavy atom. The van der Waals surface area contributed by atoms with Gasteiger partial charge in [0.1, 0.15) is 0 Å². The van der Waals surface area contributed by atoms with E-state index in [0.717, 1.165) is 42.4 Å². The maximum absolute atomic E-state index is 13.0. The minimum atomic E-state index is -1.03. The van der Waals surface area contributed by atoms with Crippen LogP contribution in [0.3, 0.4) is 0 Å². The number of amides is 1. The average molecular weight is 682 g/mol. The number of aliphatic hydroxyl groups is 2. The first-order valence-electron chi connectivity index (χ1n) is 18.4. The molecule has 0 aromatic carbocycles. The van der Waals surface area contributed by atoms with Gasteiger partial charge in [-0.15, -0.1) is 0 Å². The molecule has 0 saturated carbocycles. The summed E-state index contributed by atoms with van der Waals surface area (Å²) in [6, 6.07) is 0. The molecule has 7 heteroatoms. The van der Waals surface area contributed by atoms with E-state index < -0.39 is 41.7 Å². The summed E-state index contributed by atoms with van der Waals surface area (Å²) in [6.45, 7) is 16.9. The summed E-state index contributed by atoms with van der Waals surface area (Å²) in [7, 11) is 0. The number of hydrogen-bond donors (Lipinski definition) is 3. The minimum Gasteiger partial charge on any atom is -0.392 e. The van der Waals surface area contributed by atoms with Gasteiger partial charge in [-0.05, 0) is 70.9 Å². The molecule has 0 fully saturated rings. The topological polar surface area (TPSA) is 135 Å². The summed E-state index contributed by atoms with van der Waals surface area (Å²) < 4.78 is 0. The molecule has 6 atom stereocenters. The van der Waals surface area contributed by atoms with Gasteiger partial charge in [0, 0.05) is 23.8 Å². The molecular formula is C42H67NO6. The van der Waals surface area contributed by atoms with Crippen LogP contribution in [0.25, 0.3) is 0 Å². The van der Waals surface area contributed by atoms with Crippen molar-refractivity contribution in [3.8, 4) is 0 Å². The zero-order valence-electron chi connectivity index (χ0n) is 32.0. The Balaban J connectivity index is 5.84. The summed E-state index contributed by atoms with van der Waals surface area (Å²) in [5, 5.41) is 23.0. The summed E-state index contributed by atoms with van der Waals surface area (Å²) >= 11 is 0. The lowest BCUT2D eigenvalue weighted by Gasteiger charge is -2.36. The van der Waals surface area contributed by atoms with Gasteiger partial charge in [-0.3, -0.25) is 19.2 Å². The molecule has 0 spiro atoms. The zero-order valence-corrected chi connectivity index (χ0v) is 32.0. The van der Waals surface area contributed by atoms with Crippen LogP contribution in [0.2, 0.25) is 0 Å². The molecule has 276 valence electrons. The number of rotatable bonds is 26. The van der Waals surface area contributed by atoms with Crippen LogP contribution in [0.1, 0.15) is 133 Å². The smallest absolute Gasteiger partial charge is 0.244 e. The van der Waals surface area contributed by atoms with Gasteiger partial charge in [-0.1, -0.05) is 133 Å². The molecule has 0 aliphatic heterocycles. The molecule has 0 aliphatic rings. The van der Waals surface area contributed by atoms with Crippen molar-refractivity contribution in [2.45, 2.75) is 145 Å². The fourth-order valence-corrected chi connectivity index (χ4v) is 5.99. The molecule has 4 N–H and O–H groups in total. The van der Waals surface area contributed by atoms with Crippen molar-refractivity contribution in [1.82, 2.24) is 0 Å². The first-order chi connectivity index (χ1) is 23.1. The monoisotopic (exact) mass is 681 g/mol. The van der Waals surface area contributed by atoms with E-state index in [1.807, 2.05) is 53.7 Å². The van der Waals surface area contributed by atoms with E-state index in [1.165, 1.54) is 44.3 Å². The molecule has 0 aromatic heterocycles. The molecule has 0 aromatic rings. The van der Waals surface area contributed by atoms with Gasteiger partial charge in [0.25, 0.3) is 0 Å². The highest BCUT2D eigenvalue weighted by atomic mass is 16.3. The van der Waals surface area contributed by atoms with Crippen molar-refractivity contribution in [2.24, 2.45) is 29.4 Å². The standard InChI is InChI=1S/C42H67NO6/c1-10-12-13-14-15-16-17-18-22-38(45)39(46)23-19-21-30(4)28-36(40(47)32(6)26-31(5)27-33(7)42(43)49)34(8)41(48)35(9)37(44)25-24-29(3)20-11-2/h19-21,23-27,32,34-36,40-41,47-48H,10-18,22,28H2,1-9H3,(H2,43,49). The van der Waals surface area contributed by atoms with Gasteiger partial charge in [0.05, 0.1) is 12.2 Å². The fraction of sp³-hybridized carbons (Fsp3) is 0.619. The molecule has 7 nitrogen and oxygen atoms in total. The number of carbonyl (C=O) groups excluding carboxylic acids is 4. The highest BCUT2D eigenvalue weighted by molar-refractivity contribution is 6.41. The van der Waals surface area contributed by atoms with E-state index in [-0.39, 0.29) is 23.9 Å². The van der Waals surface area contributed by atoms with Gasteiger partial charge in [-0.2, -0.15) is 0 Å². The van der Waals surface area contributed by atoms with Crippen molar-refractivity contribution < 1.29 is 29.4 Å². The Morgan fingerprint density at radius 3 is 1.92 bits per heavy atom. The number of Topliss-reactive ketones (excluding diaryl/α,β-unsaturated/α-hetero) is 1. The molecule has 6 unspecified atom stereocenters. The van der Waals surface area contributed by atoms with E-state index in [0.29, 0.717) is 12.0 Å². The van der Waals surface area contributed by atoms with E-state index in [1.54, 1.807) is 38.2 Å². The van der Waals surface area contributed by atoms with Crippen molar-refractivity contribution in [3.63, 3.8) is 0 Å². The number of allylic oxidation sites excluding steroid dienone is 10. The number of primary amides is 1. The number of hydrogen-bond acceptors (Lipinski definition) is 6. The molecule has 0 saturated heterocycles. The Kier molecular flexibility index (Phi) is 24.1. The Morgan fingerprint density at radius 2 is 1.35 bits per heavy atom. The zero-order chi connectivity index (χ0) is 37.5. The molecule has 49 heavy (non-hydrogen) atoms. The van der Waals surface area contributed by atoms with Crippen molar-refractivity contribution >= 4 is 23.3 Å². The quantitative estimate of drug-likeness (QED) is 0.0362. The highest BCUT2D eigenvalue weighted by Crippen LogP contribution is 2.33. The van der Waals surface area contributed by atoms with E-state index in [4.69, 9.17) is 5.73 Å². The van der Waals surface area contributed by atoms with Crippen LogP contribution in [0.15, 0.2) is 70.9 Å². The SMILES string of the molecule is CCC=C(C)C=CC(=O)C(C)C(O)C(C)C(CC(C)=CC=CC(=O)C(=O)CCCCCCCCCC)C(O)C(C)C=C(C)C=C(C)C(N)=O. The van der Waals surface area contributed by atoms with Crippen LogP contribution in [0.4, 0.5) is 0 Å².